The van der Waals surface area contributed by atoms with Crippen LogP contribution < -0.4 is 10.6 Å². The summed E-state index contributed by atoms with van der Waals surface area (Å²) in [6.45, 7) is 4.18. The number of hydrogen-bond donors (Lipinski definition) is 2. The number of aryl methyl sites for hydroxylation is 2. The molecule has 0 amide bonds. The fraction of sp³-hybridized carbons (Fsp3) is 0.105. The summed E-state index contributed by atoms with van der Waals surface area (Å²) >= 11 is 11.5. The Balaban J connectivity index is 1.85. The second-order valence-electron chi connectivity index (χ2n) is 5.56. The van der Waals surface area contributed by atoms with Crippen molar-refractivity contribution in [1.82, 2.24) is 4.57 Å². The Hall–Kier alpha value is -2.30. The molecule has 0 saturated carbocycles. The van der Waals surface area contributed by atoms with Gasteiger partial charge in [-0.15, -0.1) is 0 Å². The van der Waals surface area contributed by atoms with Gasteiger partial charge in [0.05, 0.1) is 11.4 Å². The van der Waals surface area contributed by atoms with Crippen LogP contribution in [-0.4, -0.2) is 9.68 Å². The zero-order valence-electron chi connectivity index (χ0n) is 13.5. The van der Waals surface area contributed by atoms with Gasteiger partial charge < -0.3 is 15.2 Å². The maximum atomic E-state index is 6.01. The molecule has 1 aromatic heterocycles. The molecule has 122 valence electrons. The van der Waals surface area contributed by atoms with Crippen molar-refractivity contribution < 1.29 is 0 Å². The minimum absolute atomic E-state index is 0.521. The highest BCUT2D eigenvalue weighted by Crippen LogP contribution is 2.24. The number of anilines is 2. The molecular formula is C19H18ClN3S. The lowest BCUT2D eigenvalue weighted by Gasteiger charge is -2.17. The number of nitrogens with zero attached hydrogens (tertiary/aromatic N) is 1. The summed E-state index contributed by atoms with van der Waals surface area (Å²) in [4.78, 5) is 0. The highest BCUT2D eigenvalue weighted by atomic mass is 35.5. The minimum Gasteiger partial charge on any atom is -0.332 e. The van der Waals surface area contributed by atoms with E-state index in [0.29, 0.717) is 10.1 Å². The Kier molecular flexibility index (Phi) is 4.88. The van der Waals surface area contributed by atoms with Crippen LogP contribution >= 0.6 is 23.8 Å². The van der Waals surface area contributed by atoms with Crippen LogP contribution in [0.1, 0.15) is 11.4 Å². The van der Waals surface area contributed by atoms with Crippen LogP contribution in [0.4, 0.5) is 11.4 Å². The number of halogens is 1. The SMILES string of the molecule is Cc1ccc(C)n1-c1ccccc1NC(=S)Nc1cccc(Cl)c1. The van der Waals surface area contributed by atoms with E-state index in [1.807, 2.05) is 42.5 Å². The molecule has 2 N–H and O–H groups in total. The maximum Gasteiger partial charge on any atom is 0.175 e. The highest BCUT2D eigenvalue weighted by molar-refractivity contribution is 7.80. The summed E-state index contributed by atoms with van der Waals surface area (Å²) in [5.41, 5.74) is 5.21. The van der Waals surface area contributed by atoms with Gasteiger partial charge in [0.1, 0.15) is 0 Å². The predicted octanol–water partition coefficient (Wildman–Crippen LogP) is 5.56. The summed E-state index contributed by atoms with van der Waals surface area (Å²) < 4.78 is 2.20. The zero-order valence-corrected chi connectivity index (χ0v) is 15.1. The first kappa shape index (κ1) is 16.6. The minimum atomic E-state index is 0.521. The fourth-order valence-electron chi connectivity index (χ4n) is 2.67. The predicted molar refractivity (Wildman–Crippen MR) is 107 cm³/mol. The molecule has 24 heavy (non-hydrogen) atoms. The van der Waals surface area contributed by atoms with Crippen LogP contribution in [-0.2, 0) is 0 Å². The molecule has 0 saturated heterocycles. The molecule has 0 fully saturated rings. The van der Waals surface area contributed by atoms with E-state index in [1.54, 1.807) is 0 Å². The standard InChI is InChI=1S/C19H18ClN3S/c1-13-10-11-14(2)23(13)18-9-4-3-8-17(18)22-19(24)21-16-7-5-6-15(20)12-16/h3-12H,1-2H3,(H2,21,22,24). The molecule has 0 aliphatic rings. The van der Waals surface area contributed by atoms with E-state index >= 15 is 0 Å². The van der Waals surface area contributed by atoms with E-state index < -0.39 is 0 Å². The third kappa shape index (κ3) is 3.61. The normalized spacial score (nSPS) is 10.5. The van der Waals surface area contributed by atoms with Crippen LogP contribution in [0, 0.1) is 13.8 Å². The molecule has 3 nitrogen and oxygen atoms in total. The Labute approximate surface area is 152 Å². The molecule has 2 aromatic carbocycles. The van der Waals surface area contributed by atoms with E-state index in [0.717, 1.165) is 17.1 Å². The van der Waals surface area contributed by atoms with Gasteiger partial charge in [0.15, 0.2) is 5.11 Å². The Morgan fingerprint density at radius 3 is 2.33 bits per heavy atom. The number of thiocarbonyl (C=S) groups is 1. The van der Waals surface area contributed by atoms with Gasteiger partial charge in [-0.1, -0.05) is 29.8 Å². The number of nitrogens with one attached hydrogen (secondary N) is 2. The van der Waals surface area contributed by atoms with Crippen LogP contribution in [0.2, 0.25) is 5.02 Å². The Morgan fingerprint density at radius 2 is 1.62 bits per heavy atom. The second kappa shape index (κ2) is 7.07. The van der Waals surface area contributed by atoms with E-state index in [2.05, 4.69) is 47.2 Å². The number of hydrogen-bond acceptors (Lipinski definition) is 1. The first-order chi connectivity index (χ1) is 11.5. The van der Waals surface area contributed by atoms with Crippen molar-refractivity contribution in [3.63, 3.8) is 0 Å². The molecule has 0 aliphatic carbocycles. The largest absolute Gasteiger partial charge is 0.332 e. The lowest BCUT2D eigenvalue weighted by Crippen LogP contribution is -2.20. The third-order valence-corrected chi connectivity index (χ3v) is 4.19. The lowest BCUT2D eigenvalue weighted by molar-refractivity contribution is 0.968. The summed E-state index contributed by atoms with van der Waals surface area (Å²) in [5, 5.41) is 7.63. The Bertz CT molecular complexity index is 866. The molecule has 0 aliphatic heterocycles. The van der Waals surface area contributed by atoms with Gasteiger partial charge in [-0.05, 0) is 68.5 Å². The first-order valence-corrected chi connectivity index (χ1v) is 8.41. The van der Waals surface area contributed by atoms with Gasteiger partial charge in [0.25, 0.3) is 0 Å². The van der Waals surface area contributed by atoms with Gasteiger partial charge in [-0.3, -0.25) is 0 Å². The summed E-state index contributed by atoms with van der Waals surface area (Å²) in [7, 11) is 0. The van der Waals surface area contributed by atoms with Crippen molar-refractivity contribution in [3.05, 3.63) is 77.1 Å². The average molecular weight is 356 g/mol. The second-order valence-corrected chi connectivity index (χ2v) is 6.40. The van der Waals surface area contributed by atoms with Gasteiger partial charge in [-0.25, -0.2) is 0 Å². The van der Waals surface area contributed by atoms with Crippen LogP contribution in [0.5, 0.6) is 0 Å². The molecule has 3 rings (SSSR count). The van der Waals surface area contributed by atoms with Gasteiger partial charge in [-0.2, -0.15) is 0 Å². The highest BCUT2D eigenvalue weighted by Gasteiger charge is 2.09. The fourth-order valence-corrected chi connectivity index (χ4v) is 3.09. The maximum absolute atomic E-state index is 6.01. The molecule has 0 unspecified atom stereocenters. The number of aromatic nitrogens is 1. The number of benzene rings is 2. The van der Waals surface area contributed by atoms with E-state index in [9.17, 15) is 0 Å². The van der Waals surface area contributed by atoms with Crippen molar-refractivity contribution in [2.24, 2.45) is 0 Å². The third-order valence-electron chi connectivity index (χ3n) is 3.75. The van der Waals surface area contributed by atoms with E-state index in [1.165, 1.54) is 11.4 Å². The van der Waals surface area contributed by atoms with Crippen molar-refractivity contribution in [3.8, 4) is 5.69 Å². The molecule has 0 spiro atoms. The summed E-state index contributed by atoms with van der Waals surface area (Å²) in [5.74, 6) is 0. The van der Waals surface area contributed by atoms with Gasteiger partial charge in [0.2, 0.25) is 0 Å². The molecule has 5 heteroatoms. The van der Waals surface area contributed by atoms with Crippen molar-refractivity contribution in [2.75, 3.05) is 10.6 Å². The number of para-hydroxylation sites is 2. The smallest absolute Gasteiger partial charge is 0.175 e. The van der Waals surface area contributed by atoms with E-state index in [4.69, 9.17) is 23.8 Å². The van der Waals surface area contributed by atoms with Crippen molar-refractivity contribution >= 4 is 40.3 Å². The van der Waals surface area contributed by atoms with E-state index in [-0.39, 0.29) is 0 Å². The molecule has 0 bridgehead atoms. The average Bonchev–Trinajstić information content (AvgIpc) is 2.87. The molecular weight excluding hydrogens is 338 g/mol. The summed E-state index contributed by atoms with van der Waals surface area (Å²) in [6.07, 6.45) is 0. The topological polar surface area (TPSA) is 29.0 Å². The van der Waals surface area contributed by atoms with Crippen molar-refractivity contribution in [1.29, 1.82) is 0 Å². The Morgan fingerprint density at radius 1 is 0.917 bits per heavy atom. The van der Waals surface area contributed by atoms with Crippen molar-refractivity contribution in [2.45, 2.75) is 13.8 Å². The monoisotopic (exact) mass is 355 g/mol. The molecule has 3 aromatic rings. The molecule has 0 atom stereocenters. The van der Waals surface area contributed by atoms with Gasteiger partial charge >= 0.3 is 0 Å². The zero-order chi connectivity index (χ0) is 17.1. The summed E-state index contributed by atoms with van der Waals surface area (Å²) in [6, 6.07) is 19.8. The van der Waals surface area contributed by atoms with Crippen LogP contribution in [0.15, 0.2) is 60.7 Å². The van der Waals surface area contributed by atoms with Crippen LogP contribution in [0.25, 0.3) is 5.69 Å². The lowest BCUT2D eigenvalue weighted by atomic mass is 10.2. The quantitative estimate of drug-likeness (QED) is 0.603. The molecule has 1 heterocycles. The first-order valence-electron chi connectivity index (χ1n) is 7.62. The molecule has 0 radical (unpaired) electrons. The number of rotatable bonds is 3. The van der Waals surface area contributed by atoms with Crippen LogP contribution in [0.3, 0.4) is 0 Å². The van der Waals surface area contributed by atoms with Gasteiger partial charge in [0, 0.05) is 22.1 Å².